The maximum atomic E-state index is 13.0. The molecule has 0 saturated carbocycles. The number of para-hydroxylation sites is 1. The molecular weight excluding hydrogens is 410 g/mol. The first-order valence-electron chi connectivity index (χ1n) is 7.21. The highest BCUT2D eigenvalue weighted by Crippen LogP contribution is 2.37. The molecule has 0 aliphatic rings. The van der Waals surface area contributed by atoms with Gasteiger partial charge in [0.15, 0.2) is 5.82 Å². The molecule has 2 N–H and O–H groups in total. The third kappa shape index (κ3) is 4.17. The second kappa shape index (κ2) is 8.15. The fourth-order valence-electron chi connectivity index (χ4n) is 2.13. The Morgan fingerprint density at radius 2 is 1.78 bits per heavy atom. The Labute approximate surface area is 158 Å². The van der Waals surface area contributed by atoms with Crippen LogP contribution in [0.1, 0.15) is 17.5 Å². The third-order valence-electron chi connectivity index (χ3n) is 3.47. The van der Waals surface area contributed by atoms with Gasteiger partial charge in [-0.05, 0) is 6.07 Å². The van der Waals surface area contributed by atoms with Crippen LogP contribution in [-0.4, -0.2) is 55.5 Å². The molecule has 1 aromatic heterocycles. The Morgan fingerprint density at radius 1 is 1.22 bits per heavy atom. The van der Waals surface area contributed by atoms with Gasteiger partial charge >= 0.3 is 27.8 Å². The lowest BCUT2D eigenvalue weighted by atomic mass is 10.1. The number of methoxy groups -OCH3 is 2. The molecule has 9 nitrogen and oxygen atoms in total. The van der Waals surface area contributed by atoms with Gasteiger partial charge in [0.2, 0.25) is 0 Å². The number of aromatic nitrogens is 3. The number of hydrogen-bond acceptors (Lipinski definition) is 7. The van der Waals surface area contributed by atoms with Crippen molar-refractivity contribution in [2.75, 3.05) is 25.6 Å². The van der Waals surface area contributed by atoms with Crippen molar-refractivity contribution < 1.29 is 31.8 Å². The van der Waals surface area contributed by atoms with E-state index in [0.29, 0.717) is 4.31 Å². The SMILES string of the molecule is COc1nc(OC)nc(C(O)c2cccc(Cl)c2N(C)S(=O)(=[OH+])C(F)F)n1. The first-order chi connectivity index (χ1) is 12.6. The molecule has 27 heavy (non-hydrogen) atoms. The minimum atomic E-state index is -4.76. The van der Waals surface area contributed by atoms with Gasteiger partial charge in [0.25, 0.3) is 0 Å². The van der Waals surface area contributed by atoms with Gasteiger partial charge < -0.3 is 14.6 Å². The lowest BCUT2D eigenvalue weighted by Gasteiger charge is -2.22. The van der Waals surface area contributed by atoms with E-state index >= 15 is 0 Å². The number of aliphatic hydroxyl groups excluding tert-OH is 1. The minimum Gasteiger partial charge on any atom is -0.467 e. The summed E-state index contributed by atoms with van der Waals surface area (Å²) < 4.78 is 57.8. The molecule has 2 aromatic rings. The standard InChI is InChI=1S/C14H15ClF2N4O5S/c1-21(27(23,24)12(16)17)9-7(5-4-6-8(9)15)10(22)11-18-13(25-2)20-14(19-11)26-3/h4-6,10,12,22H,1-3H3/p+1. The zero-order valence-corrected chi connectivity index (χ0v) is 15.9. The molecule has 148 valence electrons. The van der Waals surface area contributed by atoms with Crippen molar-refractivity contribution in [1.29, 1.82) is 0 Å². The molecule has 1 heterocycles. The van der Waals surface area contributed by atoms with Gasteiger partial charge in [0.05, 0.1) is 24.9 Å². The van der Waals surface area contributed by atoms with Crippen molar-refractivity contribution in [2.24, 2.45) is 0 Å². The van der Waals surface area contributed by atoms with Crippen LogP contribution in [0.15, 0.2) is 18.2 Å². The second-order valence-electron chi connectivity index (χ2n) is 5.04. The van der Waals surface area contributed by atoms with E-state index < -0.39 is 21.9 Å². The Hall–Kier alpha value is -2.31. The smallest absolute Gasteiger partial charge is 0.431 e. The maximum absolute atomic E-state index is 13.0. The average molecular weight is 426 g/mol. The predicted molar refractivity (Wildman–Crippen MR) is 92.9 cm³/mol. The number of halogens is 3. The fourth-order valence-corrected chi connectivity index (χ4v) is 3.20. The van der Waals surface area contributed by atoms with Gasteiger partial charge in [-0.3, -0.25) is 0 Å². The van der Waals surface area contributed by atoms with Crippen LogP contribution < -0.4 is 13.8 Å². The molecule has 0 spiro atoms. The van der Waals surface area contributed by atoms with Crippen LogP contribution in [0.4, 0.5) is 14.5 Å². The number of alkyl halides is 2. The molecule has 2 unspecified atom stereocenters. The molecule has 13 heteroatoms. The summed E-state index contributed by atoms with van der Waals surface area (Å²) in [4.78, 5) is 11.6. The summed E-state index contributed by atoms with van der Waals surface area (Å²) in [6.45, 7) is 0. The van der Waals surface area contributed by atoms with E-state index in [1.807, 2.05) is 0 Å². The summed E-state index contributed by atoms with van der Waals surface area (Å²) >= 11 is 6.05. The molecular formula is C14H16ClF2N4O5S+. The molecule has 0 aliphatic carbocycles. The van der Waals surface area contributed by atoms with Gasteiger partial charge in [-0.25, -0.2) is 8.51 Å². The lowest BCUT2D eigenvalue weighted by Crippen LogP contribution is -2.33. The summed E-state index contributed by atoms with van der Waals surface area (Å²) in [5, 5.41) is 10.5. The zero-order chi connectivity index (χ0) is 20.4. The molecule has 2 atom stereocenters. The van der Waals surface area contributed by atoms with Gasteiger partial charge in [-0.2, -0.15) is 23.0 Å². The van der Waals surface area contributed by atoms with Gasteiger partial charge in [-0.1, -0.05) is 23.7 Å². The first-order valence-corrected chi connectivity index (χ1v) is 9.12. The quantitative estimate of drug-likeness (QED) is 0.671. The number of ether oxygens (including phenoxy) is 2. The number of hydrogen-bond donors (Lipinski definition) is 1. The van der Waals surface area contributed by atoms with E-state index in [2.05, 4.69) is 15.0 Å². The van der Waals surface area contributed by atoms with Crippen molar-refractivity contribution in [1.82, 2.24) is 15.0 Å². The van der Waals surface area contributed by atoms with Crippen molar-refractivity contribution in [2.45, 2.75) is 11.9 Å². The molecule has 0 bridgehead atoms. The maximum Gasteiger partial charge on any atom is 0.431 e. The van der Waals surface area contributed by atoms with E-state index in [-0.39, 0.29) is 34.1 Å². The van der Waals surface area contributed by atoms with Gasteiger partial charge in [0.1, 0.15) is 6.10 Å². The van der Waals surface area contributed by atoms with E-state index in [0.717, 1.165) is 7.05 Å². The lowest BCUT2D eigenvalue weighted by molar-refractivity contribution is 0.204. The van der Waals surface area contributed by atoms with Crippen LogP contribution in [0.3, 0.4) is 0 Å². The number of anilines is 1. The molecule has 0 saturated heterocycles. The summed E-state index contributed by atoms with van der Waals surface area (Å²) in [5.74, 6) is -3.81. The Balaban J connectivity index is 2.62. The van der Waals surface area contributed by atoms with Crippen molar-refractivity contribution in [3.05, 3.63) is 34.6 Å². The monoisotopic (exact) mass is 425 g/mol. The van der Waals surface area contributed by atoms with E-state index in [4.69, 9.17) is 21.1 Å². The minimum absolute atomic E-state index is 0.0808. The average Bonchev–Trinajstić information content (AvgIpc) is 2.65. The van der Waals surface area contributed by atoms with Crippen LogP contribution in [-0.2, 0) is 10.0 Å². The molecule has 0 radical (unpaired) electrons. The number of benzene rings is 1. The van der Waals surface area contributed by atoms with Crippen molar-refractivity contribution in [3.63, 3.8) is 0 Å². The van der Waals surface area contributed by atoms with Crippen molar-refractivity contribution >= 4 is 27.3 Å². The van der Waals surface area contributed by atoms with Crippen LogP contribution in [0.25, 0.3) is 0 Å². The van der Waals surface area contributed by atoms with Gasteiger partial charge in [-0.15, -0.1) is 4.98 Å². The number of aliphatic hydroxyl groups is 1. The molecule has 0 fully saturated rings. The highest BCUT2D eigenvalue weighted by Gasteiger charge is 2.39. The van der Waals surface area contributed by atoms with E-state index in [9.17, 15) is 22.3 Å². The van der Waals surface area contributed by atoms with Crippen LogP contribution in [0.5, 0.6) is 12.0 Å². The number of rotatable bonds is 7. The van der Waals surface area contributed by atoms with Gasteiger partial charge in [0, 0.05) is 12.6 Å². The van der Waals surface area contributed by atoms with E-state index in [1.165, 1.54) is 32.4 Å². The summed E-state index contributed by atoms with van der Waals surface area (Å²) in [6.07, 6.45) is -1.61. The highest BCUT2D eigenvalue weighted by molar-refractivity contribution is 7.93. The normalized spacial score (nSPS) is 14.5. The summed E-state index contributed by atoms with van der Waals surface area (Å²) in [6, 6.07) is 3.75. The Morgan fingerprint density at radius 3 is 2.26 bits per heavy atom. The van der Waals surface area contributed by atoms with Crippen LogP contribution >= 0.6 is 11.6 Å². The third-order valence-corrected chi connectivity index (χ3v) is 5.21. The Kier molecular flexibility index (Phi) is 6.34. The van der Waals surface area contributed by atoms with E-state index in [1.54, 1.807) is 0 Å². The van der Waals surface area contributed by atoms with Crippen molar-refractivity contribution in [3.8, 4) is 12.0 Å². The topological polar surface area (TPSA) is 119 Å². The fraction of sp³-hybridized carbons (Fsp3) is 0.357. The zero-order valence-electron chi connectivity index (χ0n) is 14.3. The predicted octanol–water partition coefficient (Wildman–Crippen LogP) is 1.77. The highest BCUT2D eigenvalue weighted by atomic mass is 35.5. The molecule has 2 rings (SSSR count). The van der Waals surface area contributed by atoms with Crippen LogP contribution in [0.2, 0.25) is 5.02 Å². The summed E-state index contributed by atoms with van der Waals surface area (Å²) in [5.41, 5.74) is -0.361. The second-order valence-corrected chi connectivity index (χ2v) is 7.43. The van der Waals surface area contributed by atoms with Crippen LogP contribution in [0, 0.1) is 0 Å². The molecule has 0 amide bonds. The Bertz CT molecular complexity index is 909. The first kappa shape index (κ1) is 21.0. The molecule has 0 aliphatic heterocycles. The summed E-state index contributed by atoms with van der Waals surface area (Å²) in [7, 11) is -1.24. The molecule has 1 aromatic carbocycles. The largest absolute Gasteiger partial charge is 0.467 e. The number of nitrogens with zero attached hydrogens (tertiary/aromatic N) is 4.